The van der Waals surface area contributed by atoms with Crippen molar-refractivity contribution in [2.24, 2.45) is 5.92 Å². The number of aromatic nitrogens is 7. The fourth-order valence-corrected chi connectivity index (χ4v) is 4.34. The molecule has 4 aromatic rings. The third kappa shape index (κ3) is 4.20. The van der Waals surface area contributed by atoms with Crippen LogP contribution in [0.4, 0.5) is 13.2 Å². The van der Waals surface area contributed by atoms with Gasteiger partial charge in [-0.15, -0.1) is 0 Å². The van der Waals surface area contributed by atoms with Gasteiger partial charge in [-0.1, -0.05) is 0 Å². The van der Waals surface area contributed by atoms with Gasteiger partial charge in [-0.2, -0.15) is 23.4 Å². The van der Waals surface area contributed by atoms with Crippen molar-refractivity contribution in [1.29, 1.82) is 0 Å². The Morgan fingerprint density at radius 1 is 1.03 bits per heavy atom. The van der Waals surface area contributed by atoms with Crippen LogP contribution in [0.5, 0.6) is 0 Å². The van der Waals surface area contributed by atoms with Crippen LogP contribution in [0, 0.1) is 26.7 Å². The molecule has 0 saturated heterocycles. The number of rotatable bonds is 6. The van der Waals surface area contributed by atoms with E-state index >= 15 is 0 Å². The zero-order valence-corrected chi connectivity index (χ0v) is 19.1. The Hall–Kier alpha value is -3.56. The van der Waals surface area contributed by atoms with Gasteiger partial charge >= 0.3 is 6.18 Å². The van der Waals surface area contributed by atoms with E-state index in [1.807, 2.05) is 19.1 Å². The molecule has 1 saturated carbocycles. The lowest BCUT2D eigenvalue weighted by atomic mass is 10.1. The number of aryl methyl sites for hydroxylation is 1. The lowest BCUT2D eigenvalue weighted by Gasteiger charge is -2.10. The van der Waals surface area contributed by atoms with Crippen molar-refractivity contribution in [3.05, 3.63) is 70.8 Å². The Bertz CT molecular complexity index is 1330. The maximum atomic E-state index is 13.4. The maximum Gasteiger partial charge on any atom is 0.419 e. The first-order valence-electron chi connectivity index (χ1n) is 11.1. The topological polar surface area (TPSA) is 74.3 Å². The predicted molar refractivity (Wildman–Crippen MR) is 119 cm³/mol. The van der Waals surface area contributed by atoms with E-state index in [0.29, 0.717) is 23.9 Å². The van der Waals surface area contributed by atoms with Gasteiger partial charge in [0.1, 0.15) is 6.33 Å². The fraction of sp³-hybridized carbons (Fsp3) is 0.375. The zero-order valence-electron chi connectivity index (χ0n) is 19.1. The van der Waals surface area contributed by atoms with E-state index in [1.54, 1.807) is 18.5 Å². The highest BCUT2D eigenvalue weighted by molar-refractivity contribution is 5.63. The maximum absolute atomic E-state index is 13.4. The third-order valence-corrected chi connectivity index (χ3v) is 6.25. The van der Waals surface area contributed by atoms with Crippen LogP contribution in [0.15, 0.2) is 36.9 Å². The molecule has 176 valence electrons. The lowest BCUT2D eigenvalue weighted by molar-refractivity contribution is -0.138. The van der Waals surface area contributed by atoms with Gasteiger partial charge in [0.2, 0.25) is 0 Å². The number of alkyl halides is 3. The normalized spacial score (nSPS) is 14.1. The van der Waals surface area contributed by atoms with Crippen molar-refractivity contribution in [2.75, 3.05) is 0 Å². The Kier molecular flexibility index (Phi) is 5.45. The Morgan fingerprint density at radius 3 is 2.41 bits per heavy atom. The van der Waals surface area contributed by atoms with E-state index < -0.39 is 11.7 Å². The lowest BCUT2D eigenvalue weighted by Crippen LogP contribution is -2.10. The second-order valence-electron chi connectivity index (χ2n) is 8.78. The van der Waals surface area contributed by atoms with Crippen LogP contribution < -0.4 is 0 Å². The number of hydrogen-bond donors (Lipinski definition) is 0. The van der Waals surface area contributed by atoms with Crippen LogP contribution in [0.25, 0.3) is 17.1 Å². The van der Waals surface area contributed by atoms with E-state index in [9.17, 15) is 13.2 Å². The van der Waals surface area contributed by atoms with Gasteiger partial charge in [-0.3, -0.25) is 9.67 Å². The molecule has 0 bridgehead atoms. The van der Waals surface area contributed by atoms with E-state index in [0.717, 1.165) is 29.1 Å². The van der Waals surface area contributed by atoms with E-state index in [-0.39, 0.29) is 11.4 Å². The van der Waals surface area contributed by atoms with E-state index in [1.165, 1.54) is 37.7 Å². The predicted octanol–water partition coefficient (Wildman–Crippen LogP) is 4.87. The van der Waals surface area contributed by atoms with Crippen molar-refractivity contribution in [1.82, 2.24) is 34.5 Å². The summed E-state index contributed by atoms with van der Waals surface area (Å²) in [5, 5.41) is 9.00. The van der Waals surface area contributed by atoms with Crippen LogP contribution in [0.3, 0.4) is 0 Å². The molecular weight excluding hydrogens is 443 g/mol. The summed E-state index contributed by atoms with van der Waals surface area (Å²) in [4.78, 5) is 12.7. The molecule has 7 nitrogen and oxygen atoms in total. The summed E-state index contributed by atoms with van der Waals surface area (Å²) in [6.45, 7) is 5.64. The fourth-order valence-electron chi connectivity index (χ4n) is 4.34. The molecule has 0 radical (unpaired) electrons. The molecule has 4 heterocycles. The first-order chi connectivity index (χ1) is 16.2. The van der Waals surface area contributed by atoms with Gasteiger partial charge in [-0.25, -0.2) is 14.6 Å². The first-order valence-corrected chi connectivity index (χ1v) is 11.1. The van der Waals surface area contributed by atoms with Gasteiger partial charge in [0.25, 0.3) is 0 Å². The molecule has 1 fully saturated rings. The van der Waals surface area contributed by atoms with Gasteiger partial charge in [0, 0.05) is 42.7 Å². The highest BCUT2D eigenvalue weighted by Gasteiger charge is 2.37. The molecule has 0 atom stereocenters. The number of halogens is 3. The average molecular weight is 467 g/mol. The number of nitrogens with zero attached hydrogens (tertiary/aromatic N) is 7. The Balaban J connectivity index is 1.52. The van der Waals surface area contributed by atoms with Crippen molar-refractivity contribution in [3.8, 4) is 17.1 Å². The van der Waals surface area contributed by atoms with E-state index in [4.69, 9.17) is 5.10 Å². The summed E-state index contributed by atoms with van der Waals surface area (Å²) in [6, 6.07) is 5.56. The largest absolute Gasteiger partial charge is 0.419 e. The number of pyridine rings is 1. The van der Waals surface area contributed by atoms with Gasteiger partial charge < -0.3 is 0 Å². The molecule has 34 heavy (non-hydrogen) atoms. The second-order valence-corrected chi connectivity index (χ2v) is 8.78. The van der Waals surface area contributed by atoms with Gasteiger partial charge in [0.05, 0.1) is 28.3 Å². The molecular formula is C24H24F3N7. The molecule has 0 aromatic carbocycles. The minimum atomic E-state index is -4.47. The number of hydrogen-bond acceptors (Lipinski definition) is 5. The summed E-state index contributed by atoms with van der Waals surface area (Å²) in [7, 11) is 0. The first kappa shape index (κ1) is 22.2. The standard InChI is InChI=1S/C24H24F3N7/c1-14-20(33(12-17-4-5-17)32-23(14)18-6-8-28-9-7-18)10-19-11-21(30-13-29-19)34-16(3)22(15(2)31-34)24(25,26)27/h6-9,11,13,17H,4-5,10,12H2,1-3H3. The highest BCUT2D eigenvalue weighted by atomic mass is 19.4. The third-order valence-electron chi connectivity index (χ3n) is 6.25. The Morgan fingerprint density at radius 2 is 1.76 bits per heavy atom. The molecule has 0 amide bonds. The van der Waals surface area contributed by atoms with E-state index in [2.05, 4.69) is 24.7 Å². The monoisotopic (exact) mass is 467 g/mol. The highest BCUT2D eigenvalue weighted by Crippen LogP contribution is 2.35. The molecule has 10 heteroatoms. The van der Waals surface area contributed by atoms with Crippen molar-refractivity contribution in [3.63, 3.8) is 0 Å². The average Bonchev–Trinajstić information content (AvgIpc) is 3.49. The summed E-state index contributed by atoms with van der Waals surface area (Å²) in [5.74, 6) is 0.932. The molecule has 1 aliphatic rings. The van der Waals surface area contributed by atoms with Crippen molar-refractivity contribution < 1.29 is 13.2 Å². The molecule has 5 rings (SSSR count). The van der Waals surface area contributed by atoms with Gasteiger partial charge in [0.15, 0.2) is 5.82 Å². The Labute approximate surface area is 194 Å². The quantitative estimate of drug-likeness (QED) is 0.405. The van der Waals surface area contributed by atoms with Crippen LogP contribution in [-0.2, 0) is 19.1 Å². The smallest absolute Gasteiger partial charge is 0.268 e. The van der Waals surface area contributed by atoms with Gasteiger partial charge in [-0.05, 0) is 57.2 Å². The summed E-state index contributed by atoms with van der Waals surface area (Å²) in [5.41, 5.74) is 3.87. The van der Waals surface area contributed by atoms with Crippen molar-refractivity contribution >= 4 is 0 Å². The molecule has 0 aliphatic heterocycles. The van der Waals surface area contributed by atoms with Crippen LogP contribution in [-0.4, -0.2) is 34.5 Å². The van der Waals surface area contributed by atoms with Crippen LogP contribution in [0.2, 0.25) is 0 Å². The molecule has 1 aliphatic carbocycles. The van der Waals surface area contributed by atoms with Crippen molar-refractivity contribution in [2.45, 2.75) is 52.8 Å². The second kappa shape index (κ2) is 8.34. The van der Waals surface area contributed by atoms with Crippen LogP contribution in [0.1, 0.15) is 46.7 Å². The zero-order chi connectivity index (χ0) is 24.0. The summed E-state index contributed by atoms with van der Waals surface area (Å²) in [6.07, 6.45) is 3.26. The molecule has 0 unspecified atom stereocenters. The molecule has 0 spiro atoms. The SMILES string of the molecule is Cc1nn(-c2cc(Cc3c(C)c(-c4ccncc4)nn3CC3CC3)ncn2)c(C)c1C(F)(F)F. The molecule has 4 aromatic heterocycles. The minimum Gasteiger partial charge on any atom is -0.268 e. The van der Waals surface area contributed by atoms with Crippen LogP contribution >= 0.6 is 0 Å². The summed E-state index contributed by atoms with van der Waals surface area (Å²) < 4.78 is 43.6. The molecule has 0 N–H and O–H groups in total. The summed E-state index contributed by atoms with van der Waals surface area (Å²) >= 11 is 0. The minimum absolute atomic E-state index is 0.00424.